The van der Waals surface area contributed by atoms with Crippen LogP contribution in [0.25, 0.3) is 0 Å². The van der Waals surface area contributed by atoms with E-state index in [4.69, 9.17) is 0 Å². The minimum absolute atomic E-state index is 0.344. The molecule has 1 heteroatoms. The number of aliphatic imine (C=N–C) groups is 1. The molecule has 0 saturated heterocycles. The fourth-order valence-corrected chi connectivity index (χ4v) is 1.29. The molecular weight excluding hydrogens is 146 g/mol. The van der Waals surface area contributed by atoms with Crippen LogP contribution in [0.15, 0.2) is 17.3 Å². The van der Waals surface area contributed by atoms with Crippen molar-refractivity contribution in [1.82, 2.24) is 0 Å². The van der Waals surface area contributed by atoms with Crippen LogP contribution < -0.4 is 0 Å². The van der Waals surface area contributed by atoms with E-state index in [0.717, 1.165) is 0 Å². The number of hydrogen-bond acceptors (Lipinski definition) is 1. The van der Waals surface area contributed by atoms with Crippen molar-refractivity contribution in [3.8, 4) is 0 Å². The lowest BCUT2D eigenvalue weighted by Crippen LogP contribution is -2.17. The molecule has 1 atom stereocenters. The first-order valence-corrected chi connectivity index (χ1v) is 4.65. The first kappa shape index (κ1) is 11.4. The molecule has 12 heavy (non-hydrogen) atoms. The van der Waals surface area contributed by atoms with Gasteiger partial charge in [-0.25, -0.2) is 0 Å². The summed E-state index contributed by atoms with van der Waals surface area (Å²) in [6.07, 6.45) is 6.43. The molecule has 70 valence electrons. The molecule has 0 aromatic carbocycles. The van der Waals surface area contributed by atoms with Crippen molar-refractivity contribution in [2.24, 2.45) is 16.3 Å². The van der Waals surface area contributed by atoms with Crippen LogP contribution in [0, 0.1) is 11.3 Å². The van der Waals surface area contributed by atoms with Crippen molar-refractivity contribution >= 4 is 6.72 Å². The lowest BCUT2D eigenvalue weighted by molar-refractivity contribution is 0.276. The molecule has 0 radical (unpaired) electrons. The maximum atomic E-state index is 3.74. The van der Waals surface area contributed by atoms with Crippen LogP contribution in [0.2, 0.25) is 0 Å². The topological polar surface area (TPSA) is 12.4 Å². The molecule has 0 amide bonds. The molecule has 0 aliphatic heterocycles. The molecule has 0 saturated carbocycles. The van der Waals surface area contributed by atoms with E-state index in [1.807, 2.05) is 6.20 Å². The van der Waals surface area contributed by atoms with Crippen molar-refractivity contribution in [2.75, 3.05) is 0 Å². The third-order valence-electron chi connectivity index (χ3n) is 2.14. The summed E-state index contributed by atoms with van der Waals surface area (Å²) in [7, 11) is 0. The summed E-state index contributed by atoms with van der Waals surface area (Å²) in [5, 5.41) is 0. The van der Waals surface area contributed by atoms with Gasteiger partial charge in [-0.3, -0.25) is 4.99 Å². The van der Waals surface area contributed by atoms with Crippen LogP contribution in [-0.4, -0.2) is 6.72 Å². The number of rotatable bonds is 4. The second kappa shape index (κ2) is 5.13. The largest absolute Gasteiger partial charge is 0.273 e. The summed E-state index contributed by atoms with van der Waals surface area (Å²) in [4.78, 5) is 3.74. The first-order chi connectivity index (χ1) is 5.52. The normalized spacial score (nSPS) is 15.0. The second-order valence-electron chi connectivity index (χ2n) is 4.29. The van der Waals surface area contributed by atoms with Gasteiger partial charge in [0.1, 0.15) is 0 Å². The van der Waals surface area contributed by atoms with Crippen LogP contribution in [0.3, 0.4) is 0 Å². The van der Waals surface area contributed by atoms with Crippen molar-refractivity contribution in [3.63, 3.8) is 0 Å². The van der Waals surface area contributed by atoms with Gasteiger partial charge in [0.2, 0.25) is 0 Å². The average molecular weight is 167 g/mol. The zero-order valence-corrected chi connectivity index (χ0v) is 8.80. The van der Waals surface area contributed by atoms with Crippen molar-refractivity contribution in [2.45, 2.75) is 40.5 Å². The molecule has 0 N–H and O–H groups in total. The predicted octanol–water partition coefficient (Wildman–Crippen LogP) is 3.66. The molecule has 0 rings (SSSR count). The summed E-state index contributed by atoms with van der Waals surface area (Å²) >= 11 is 0. The van der Waals surface area contributed by atoms with Crippen molar-refractivity contribution < 1.29 is 0 Å². The molecule has 0 aliphatic carbocycles. The Hall–Kier alpha value is -0.590. The monoisotopic (exact) mass is 167 g/mol. The van der Waals surface area contributed by atoms with Crippen molar-refractivity contribution in [3.05, 3.63) is 12.3 Å². The lowest BCUT2D eigenvalue weighted by Gasteiger charge is -2.27. The van der Waals surface area contributed by atoms with Gasteiger partial charge in [0, 0.05) is 6.20 Å². The highest BCUT2D eigenvalue weighted by atomic mass is 14.6. The maximum absolute atomic E-state index is 3.74. The van der Waals surface area contributed by atoms with E-state index in [1.54, 1.807) is 0 Å². The molecule has 0 fully saturated rings. The van der Waals surface area contributed by atoms with E-state index in [2.05, 4.69) is 45.5 Å². The van der Waals surface area contributed by atoms with Crippen molar-refractivity contribution in [1.29, 1.82) is 0 Å². The van der Waals surface area contributed by atoms with Gasteiger partial charge >= 0.3 is 0 Å². The Morgan fingerprint density at radius 1 is 1.42 bits per heavy atom. The minimum atomic E-state index is 0.344. The summed E-state index contributed by atoms with van der Waals surface area (Å²) < 4.78 is 0. The van der Waals surface area contributed by atoms with Gasteiger partial charge in [-0.05, 0) is 24.5 Å². The molecule has 0 heterocycles. The van der Waals surface area contributed by atoms with Gasteiger partial charge in [0.25, 0.3) is 0 Å². The summed E-state index contributed by atoms with van der Waals surface area (Å²) in [6, 6.07) is 0. The Kier molecular flexibility index (Phi) is 4.87. The standard InChI is InChI=1S/C11H21N/c1-6-7-10(8-9-12-5)11(2,3)4/h8-10H,5-7H2,1-4H3/b9-8-. The molecule has 1 nitrogen and oxygen atoms in total. The Morgan fingerprint density at radius 2 is 2.00 bits per heavy atom. The third kappa shape index (κ3) is 4.32. The van der Waals surface area contributed by atoms with E-state index in [1.165, 1.54) is 12.8 Å². The number of hydrogen-bond donors (Lipinski definition) is 0. The zero-order valence-electron chi connectivity index (χ0n) is 8.80. The maximum Gasteiger partial charge on any atom is 0.0223 e. The minimum Gasteiger partial charge on any atom is -0.273 e. The summed E-state index contributed by atoms with van der Waals surface area (Å²) in [6.45, 7) is 12.4. The third-order valence-corrected chi connectivity index (χ3v) is 2.14. The van der Waals surface area contributed by atoms with Crippen LogP contribution in [-0.2, 0) is 0 Å². The predicted molar refractivity (Wildman–Crippen MR) is 56.5 cm³/mol. The van der Waals surface area contributed by atoms with Gasteiger partial charge in [-0.1, -0.05) is 40.2 Å². The van der Waals surface area contributed by atoms with Crippen LogP contribution in [0.4, 0.5) is 0 Å². The smallest absolute Gasteiger partial charge is 0.0223 e. The van der Waals surface area contributed by atoms with Gasteiger partial charge in [0.05, 0.1) is 0 Å². The lowest BCUT2D eigenvalue weighted by atomic mass is 9.78. The molecular formula is C11H21N. The number of nitrogens with zero attached hydrogens (tertiary/aromatic N) is 1. The van der Waals surface area contributed by atoms with Crippen LogP contribution in [0.1, 0.15) is 40.5 Å². The van der Waals surface area contributed by atoms with E-state index in [-0.39, 0.29) is 0 Å². The van der Waals surface area contributed by atoms with Gasteiger partial charge in [-0.15, -0.1) is 0 Å². The Balaban J connectivity index is 4.22. The van der Waals surface area contributed by atoms with E-state index in [9.17, 15) is 0 Å². The Bertz CT molecular complexity index is 151. The molecule has 1 unspecified atom stereocenters. The SMILES string of the molecule is C=N/C=C\C(CCC)C(C)(C)C. The summed E-state index contributed by atoms with van der Waals surface area (Å²) in [5.74, 6) is 0.619. The molecule has 0 bridgehead atoms. The van der Waals surface area contributed by atoms with Crippen LogP contribution in [0.5, 0.6) is 0 Å². The second-order valence-corrected chi connectivity index (χ2v) is 4.29. The van der Waals surface area contributed by atoms with E-state index < -0.39 is 0 Å². The Morgan fingerprint density at radius 3 is 2.33 bits per heavy atom. The highest BCUT2D eigenvalue weighted by Crippen LogP contribution is 2.30. The quantitative estimate of drug-likeness (QED) is 0.567. The van der Waals surface area contributed by atoms with Crippen LogP contribution >= 0.6 is 0 Å². The molecule has 0 aromatic heterocycles. The number of allylic oxidation sites excluding steroid dienone is 1. The van der Waals surface area contributed by atoms with E-state index in [0.29, 0.717) is 11.3 Å². The zero-order chi connectivity index (χ0) is 9.61. The molecule has 0 aromatic rings. The van der Waals surface area contributed by atoms with Gasteiger partial charge in [0.15, 0.2) is 0 Å². The highest BCUT2D eigenvalue weighted by Gasteiger charge is 2.20. The van der Waals surface area contributed by atoms with Gasteiger partial charge < -0.3 is 0 Å². The fraction of sp³-hybridized carbons (Fsp3) is 0.727. The molecule has 0 aliphatic rings. The first-order valence-electron chi connectivity index (χ1n) is 4.65. The Labute approximate surface area is 76.6 Å². The van der Waals surface area contributed by atoms with E-state index >= 15 is 0 Å². The highest BCUT2D eigenvalue weighted by molar-refractivity contribution is 5.25. The molecule has 0 spiro atoms. The van der Waals surface area contributed by atoms with Gasteiger partial charge in [-0.2, -0.15) is 0 Å². The summed E-state index contributed by atoms with van der Waals surface area (Å²) in [5.41, 5.74) is 0.344. The fourth-order valence-electron chi connectivity index (χ4n) is 1.29. The average Bonchev–Trinajstić information content (AvgIpc) is 1.95.